The molecule has 0 aliphatic heterocycles. The van der Waals surface area contributed by atoms with Gasteiger partial charge in [-0.3, -0.25) is 5.10 Å². The van der Waals surface area contributed by atoms with Gasteiger partial charge in [-0.2, -0.15) is 10.4 Å². The fourth-order valence-corrected chi connectivity index (χ4v) is 1.99. The highest BCUT2D eigenvalue weighted by Gasteiger charge is 2.08. The summed E-state index contributed by atoms with van der Waals surface area (Å²) in [7, 11) is 0. The number of halogens is 1. The number of hydrogen-bond acceptors (Lipinski definition) is 5. The van der Waals surface area contributed by atoms with Crippen LogP contribution in [0, 0.1) is 17.1 Å². The monoisotopic (exact) mass is 282 g/mol. The first kappa shape index (κ1) is 12.9. The molecule has 3 rings (SSSR count). The van der Waals surface area contributed by atoms with Gasteiger partial charge in [-0.15, -0.1) is 0 Å². The van der Waals surface area contributed by atoms with E-state index in [1.54, 1.807) is 18.2 Å². The Balaban J connectivity index is 1.85. The van der Waals surface area contributed by atoms with Gasteiger partial charge in [0.1, 0.15) is 11.9 Å². The summed E-state index contributed by atoms with van der Waals surface area (Å²) in [5.74, 6) is 0.143. The molecular formula is C14H11FN6. The van der Waals surface area contributed by atoms with Crippen LogP contribution in [0.1, 0.15) is 11.1 Å². The van der Waals surface area contributed by atoms with Gasteiger partial charge in [0.25, 0.3) is 0 Å². The average Bonchev–Trinajstić information content (AvgIpc) is 2.90. The summed E-state index contributed by atoms with van der Waals surface area (Å²) in [4.78, 5) is 4.10. The minimum absolute atomic E-state index is 0.106. The minimum atomic E-state index is -0.438. The molecule has 1 aromatic carbocycles. The predicted molar refractivity (Wildman–Crippen MR) is 76.7 cm³/mol. The predicted octanol–water partition coefficient (Wildman–Crippen LogP) is 2.16. The van der Waals surface area contributed by atoms with E-state index < -0.39 is 5.82 Å². The maximum atomic E-state index is 13.1. The Morgan fingerprint density at radius 1 is 1.38 bits per heavy atom. The number of pyridine rings is 1. The molecule has 0 atom stereocenters. The number of hydrogen-bond donors (Lipinski definition) is 3. The van der Waals surface area contributed by atoms with Gasteiger partial charge in [0.2, 0.25) is 0 Å². The zero-order valence-electron chi connectivity index (χ0n) is 10.9. The third kappa shape index (κ3) is 2.47. The minimum Gasteiger partial charge on any atom is -0.396 e. The van der Waals surface area contributed by atoms with Crippen molar-refractivity contribution in [1.29, 1.82) is 5.26 Å². The van der Waals surface area contributed by atoms with E-state index in [1.165, 1.54) is 12.3 Å². The van der Waals surface area contributed by atoms with E-state index in [-0.39, 0.29) is 5.69 Å². The number of nitriles is 1. The largest absolute Gasteiger partial charge is 0.396 e. The zero-order valence-corrected chi connectivity index (χ0v) is 10.9. The van der Waals surface area contributed by atoms with Crippen LogP contribution < -0.4 is 11.1 Å². The molecule has 2 aromatic heterocycles. The van der Waals surface area contributed by atoms with Gasteiger partial charge in [0, 0.05) is 12.7 Å². The number of benzene rings is 1. The molecule has 0 spiro atoms. The molecule has 0 radical (unpaired) electrons. The summed E-state index contributed by atoms with van der Waals surface area (Å²) in [6.45, 7) is 0.432. The maximum absolute atomic E-state index is 13.1. The fourth-order valence-electron chi connectivity index (χ4n) is 1.99. The van der Waals surface area contributed by atoms with Crippen LogP contribution in [0.3, 0.4) is 0 Å². The molecule has 0 saturated heterocycles. The van der Waals surface area contributed by atoms with Crippen LogP contribution in [0.25, 0.3) is 11.0 Å². The first-order valence-corrected chi connectivity index (χ1v) is 6.19. The number of rotatable bonds is 3. The van der Waals surface area contributed by atoms with Crippen LogP contribution in [0.15, 0.2) is 30.5 Å². The Labute approximate surface area is 119 Å². The molecule has 0 aliphatic carbocycles. The molecule has 0 bridgehead atoms. The number of nitrogen functional groups attached to an aromatic ring is 1. The SMILES string of the molecule is N#Cc1cnc2[nH]nc(NCc3ccc(F)c(N)c3)c2c1. The second-order valence-electron chi connectivity index (χ2n) is 4.51. The van der Waals surface area contributed by atoms with Crippen molar-refractivity contribution in [2.24, 2.45) is 0 Å². The lowest BCUT2D eigenvalue weighted by molar-refractivity contribution is 0.632. The normalized spacial score (nSPS) is 10.5. The smallest absolute Gasteiger partial charge is 0.157 e. The topological polar surface area (TPSA) is 103 Å². The quantitative estimate of drug-likeness (QED) is 0.639. The van der Waals surface area contributed by atoms with Gasteiger partial charge in [0.05, 0.1) is 16.6 Å². The van der Waals surface area contributed by atoms with Gasteiger partial charge < -0.3 is 11.1 Å². The van der Waals surface area contributed by atoms with E-state index in [1.807, 2.05) is 6.07 Å². The Morgan fingerprint density at radius 2 is 2.24 bits per heavy atom. The number of H-pyrrole nitrogens is 1. The van der Waals surface area contributed by atoms with Crippen molar-refractivity contribution in [3.05, 3.63) is 47.4 Å². The van der Waals surface area contributed by atoms with Gasteiger partial charge in [-0.1, -0.05) is 6.07 Å². The molecule has 4 N–H and O–H groups in total. The second-order valence-corrected chi connectivity index (χ2v) is 4.51. The van der Waals surface area contributed by atoms with E-state index >= 15 is 0 Å². The lowest BCUT2D eigenvalue weighted by Gasteiger charge is -2.05. The molecule has 3 aromatic rings. The zero-order chi connectivity index (χ0) is 14.8. The summed E-state index contributed by atoms with van der Waals surface area (Å²) in [6, 6.07) is 8.27. The molecule has 104 valence electrons. The van der Waals surface area contributed by atoms with Crippen molar-refractivity contribution in [3.8, 4) is 6.07 Å². The Bertz CT molecular complexity index is 848. The number of nitrogens with zero attached hydrogens (tertiary/aromatic N) is 3. The lowest BCUT2D eigenvalue weighted by Crippen LogP contribution is -2.01. The first-order valence-electron chi connectivity index (χ1n) is 6.19. The summed E-state index contributed by atoms with van der Waals surface area (Å²) in [5, 5.41) is 19.6. The van der Waals surface area contributed by atoms with E-state index in [0.29, 0.717) is 23.6 Å². The van der Waals surface area contributed by atoms with Crippen molar-refractivity contribution in [3.63, 3.8) is 0 Å². The van der Waals surface area contributed by atoms with E-state index in [2.05, 4.69) is 20.5 Å². The molecule has 0 amide bonds. The highest BCUT2D eigenvalue weighted by atomic mass is 19.1. The first-order chi connectivity index (χ1) is 10.2. The highest BCUT2D eigenvalue weighted by Crippen LogP contribution is 2.21. The van der Waals surface area contributed by atoms with Crippen molar-refractivity contribution >= 4 is 22.5 Å². The van der Waals surface area contributed by atoms with Crippen LogP contribution in [0.4, 0.5) is 15.9 Å². The van der Waals surface area contributed by atoms with Crippen LogP contribution in [-0.2, 0) is 6.54 Å². The van der Waals surface area contributed by atoms with Crippen LogP contribution >= 0.6 is 0 Å². The number of nitrogens with two attached hydrogens (primary N) is 1. The number of nitrogens with one attached hydrogen (secondary N) is 2. The van der Waals surface area contributed by atoms with Crippen LogP contribution in [0.5, 0.6) is 0 Å². The van der Waals surface area contributed by atoms with E-state index in [9.17, 15) is 4.39 Å². The third-order valence-corrected chi connectivity index (χ3v) is 3.07. The molecule has 21 heavy (non-hydrogen) atoms. The lowest BCUT2D eigenvalue weighted by atomic mass is 10.2. The molecular weight excluding hydrogens is 271 g/mol. The Hall–Kier alpha value is -3.14. The van der Waals surface area contributed by atoms with Gasteiger partial charge in [-0.05, 0) is 23.8 Å². The standard InChI is InChI=1S/C14H11FN6/c15-11-2-1-8(4-12(11)17)6-18-13-10-3-9(5-16)7-19-14(10)21-20-13/h1-4,7H,6,17H2,(H2,18,19,20,21). The Morgan fingerprint density at radius 3 is 3.00 bits per heavy atom. The van der Waals surface area contributed by atoms with Crippen molar-refractivity contribution in [2.75, 3.05) is 11.1 Å². The molecule has 0 saturated carbocycles. The number of anilines is 2. The van der Waals surface area contributed by atoms with E-state index in [4.69, 9.17) is 11.0 Å². The number of aromatic amines is 1. The highest BCUT2D eigenvalue weighted by molar-refractivity contribution is 5.87. The van der Waals surface area contributed by atoms with Crippen molar-refractivity contribution < 1.29 is 4.39 Å². The Kier molecular flexibility index (Phi) is 3.12. The van der Waals surface area contributed by atoms with Gasteiger partial charge in [0.15, 0.2) is 11.5 Å². The van der Waals surface area contributed by atoms with Crippen LogP contribution in [-0.4, -0.2) is 15.2 Å². The molecule has 6 nitrogen and oxygen atoms in total. The summed E-state index contributed by atoms with van der Waals surface area (Å²) < 4.78 is 13.1. The van der Waals surface area contributed by atoms with Crippen LogP contribution in [0.2, 0.25) is 0 Å². The van der Waals surface area contributed by atoms with Gasteiger partial charge in [-0.25, -0.2) is 9.37 Å². The number of aromatic nitrogens is 3. The summed E-state index contributed by atoms with van der Waals surface area (Å²) in [5.41, 5.74) is 7.51. The van der Waals surface area contributed by atoms with Gasteiger partial charge >= 0.3 is 0 Å². The molecule has 7 heteroatoms. The third-order valence-electron chi connectivity index (χ3n) is 3.07. The van der Waals surface area contributed by atoms with Crippen molar-refractivity contribution in [2.45, 2.75) is 6.54 Å². The second kappa shape index (κ2) is 5.09. The average molecular weight is 282 g/mol. The summed E-state index contributed by atoms with van der Waals surface area (Å²) >= 11 is 0. The van der Waals surface area contributed by atoms with Crippen molar-refractivity contribution in [1.82, 2.24) is 15.2 Å². The fraction of sp³-hybridized carbons (Fsp3) is 0.0714. The number of fused-ring (bicyclic) bond motifs is 1. The van der Waals surface area contributed by atoms with E-state index in [0.717, 1.165) is 10.9 Å². The maximum Gasteiger partial charge on any atom is 0.157 e. The molecule has 0 aliphatic rings. The summed E-state index contributed by atoms with van der Waals surface area (Å²) in [6.07, 6.45) is 1.48. The molecule has 0 fully saturated rings. The molecule has 2 heterocycles. The molecule has 0 unspecified atom stereocenters.